The topological polar surface area (TPSA) is 0 Å². The van der Waals surface area contributed by atoms with Crippen LogP contribution in [-0.2, 0) is 4.75 Å². The monoisotopic (exact) mass is 266 g/mol. The Hall–Kier alpha value is -1.47. The molecule has 2 aromatic rings. The van der Waals surface area contributed by atoms with E-state index in [0.717, 1.165) is 6.42 Å². The van der Waals surface area contributed by atoms with E-state index in [1.165, 1.54) is 11.1 Å². The van der Waals surface area contributed by atoms with Gasteiger partial charge in [-0.25, -0.2) is 0 Å². The second kappa shape index (κ2) is 5.26. The summed E-state index contributed by atoms with van der Waals surface area (Å²) < 4.78 is 0.177. The Morgan fingerprint density at radius 2 is 1.58 bits per heavy atom. The standard InChI is InChI=1S/C18H18S/c1-18(17-10-6-3-7-11-17)14-16(12-13-19-18)15-8-4-2-5-9-15/h2-13,16H,14H2,1H3/t16-,18-/m1/s1. The Bertz CT molecular complexity index is 559. The van der Waals surface area contributed by atoms with Gasteiger partial charge in [-0.3, -0.25) is 0 Å². The highest BCUT2D eigenvalue weighted by atomic mass is 32.2. The summed E-state index contributed by atoms with van der Waals surface area (Å²) in [5.41, 5.74) is 2.84. The minimum atomic E-state index is 0.177. The first-order chi connectivity index (χ1) is 9.28. The molecule has 0 fully saturated rings. The zero-order valence-electron chi connectivity index (χ0n) is 11.1. The Labute approximate surface area is 119 Å². The van der Waals surface area contributed by atoms with Gasteiger partial charge in [0.2, 0.25) is 0 Å². The number of allylic oxidation sites excluding steroid dienone is 1. The van der Waals surface area contributed by atoms with Crippen molar-refractivity contribution in [2.24, 2.45) is 0 Å². The Morgan fingerprint density at radius 1 is 0.947 bits per heavy atom. The van der Waals surface area contributed by atoms with Crippen molar-refractivity contribution in [3.05, 3.63) is 83.3 Å². The molecule has 96 valence electrons. The molecule has 0 aliphatic carbocycles. The van der Waals surface area contributed by atoms with Crippen molar-refractivity contribution >= 4 is 11.8 Å². The van der Waals surface area contributed by atoms with E-state index in [9.17, 15) is 0 Å². The van der Waals surface area contributed by atoms with Gasteiger partial charge in [-0.15, -0.1) is 11.8 Å². The molecule has 0 saturated carbocycles. The van der Waals surface area contributed by atoms with Crippen LogP contribution in [0.25, 0.3) is 0 Å². The van der Waals surface area contributed by atoms with Crippen molar-refractivity contribution in [3.63, 3.8) is 0 Å². The fraction of sp³-hybridized carbons (Fsp3) is 0.222. The molecule has 3 rings (SSSR count). The minimum Gasteiger partial charge on any atom is -0.123 e. The predicted octanol–water partition coefficient (Wildman–Crippen LogP) is 5.34. The van der Waals surface area contributed by atoms with Crippen LogP contribution in [-0.4, -0.2) is 0 Å². The average molecular weight is 266 g/mol. The van der Waals surface area contributed by atoms with Gasteiger partial charge in [0.15, 0.2) is 0 Å². The second-order valence-electron chi connectivity index (χ2n) is 5.26. The zero-order chi connectivity index (χ0) is 13.1. The van der Waals surface area contributed by atoms with E-state index in [-0.39, 0.29) is 4.75 Å². The van der Waals surface area contributed by atoms with Gasteiger partial charge in [-0.05, 0) is 29.9 Å². The Kier molecular flexibility index (Phi) is 3.48. The van der Waals surface area contributed by atoms with E-state index in [0.29, 0.717) is 5.92 Å². The Balaban J connectivity index is 1.90. The quantitative estimate of drug-likeness (QED) is 0.707. The van der Waals surface area contributed by atoms with Gasteiger partial charge in [0, 0.05) is 10.7 Å². The van der Waals surface area contributed by atoms with Crippen molar-refractivity contribution < 1.29 is 0 Å². The molecule has 1 aliphatic heterocycles. The molecule has 0 saturated heterocycles. The second-order valence-corrected chi connectivity index (χ2v) is 6.67. The van der Waals surface area contributed by atoms with E-state index in [1.54, 1.807) is 0 Å². The van der Waals surface area contributed by atoms with Gasteiger partial charge in [0.25, 0.3) is 0 Å². The number of benzene rings is 2. The van der Waals surface area contributed by atoms with Crippen molar-refractivity contribution in [1.82, 2.24) is 0 Å². The molecular weight excluding hydrogens is 248 g/mol. The molecule has 0 bridgehead atoms. The maximum atomic E-state index is 2.35. The summed E-state index contributed by atoms with van der Waals surface area (Å²) in [7, 11) is 0. The molecule has 2 atom stereocenters. The smallest absolute Gasteiger partial charge is 0.0430 e. The van der Waals surface area contributed by atoms with Crippen LogP contribution in [0.15, 0.2) is 72.1 Å². The van der Waals surface area contributed by atoms with Crippen LogP contribution in [0.2, 0.25) is 0 Å². The Morgan fingerprint density at radius 3 is 2.26 bits per heavy atom. The molecule has 2 aromatic carbocycles. The summed E-state index contributed by atoms with van der Waals surface area (Å²) in [4.78, 5) is 0. The van der Waals surface area contributed by atoms with Crippen molar-refractivity contribution in [2.75, 3.05) is 0 Å². The highest BCUT2D eigenvalue weighted by molar-refractivity contribution is 8.03. The lowest BCUT2D eigenvalue weighted by Crippen LogP contribution is -2.22. The number of hydrogen-bond acceptors (Lipinski definition) is 1. The molecule has 0 aromatic heterocycles. The highest BCUT2D eigenvalue weighted by Crippen LogP contribution is 2.48. The van der Waals surface area contributed by atoms with Crippen molar-refractivity contribution in [2.45, 2.75) is 24.0 Å². The summed E-state index contributed by atoms with van der Waals surface area (Å²) in [6.07, 6.45) is 3.49. The van der Waals surface area contributed by atoms with Crippen LogP contribution in [0.4, 0.5) is 0 Å². The summed E-state index contributed by atoms with van der Waals surface area (Å²) in [6, 6.07) is 21.7. The van der Waals surface area contributed by atoms with E-state index in [1.807, 2.05) is 11.8 Å². The van der Waals surface area contributed by atoms with Gasteiger partial charge in [-0.1, -0.05) is 66.7 Å². The SMILES string of the molecule is C[C@]1(c2ccccc2)C[C@H](c2ccccc2)C=CS1. The lowest BCUT2D eigenvalue weighted by atomic mass is 9.85. The summed E-state index contributed by atoms with van der Waals surface area (Å²) in [6.45, 7) is 2.35. The number of thioether (sulfide) groups is 1. The number of hydrogen-bond donors (Lipinski definition) is 0. The van der Waals surface area contributed by atoms with Crippen LogP contribution < -0.4 is 0 Å². The van der Waals surface area contributed by atoms with Gasteiger partial charge < -0.3 is 0 Å². The largest absolute Gasteiger partial charge is 0.123 e. The summed E-state index contributed by atoms with van der Waals surface area (Å²) >= 11 is 1.94. The van der Waals surface area contributed by atoms with Crippen LogP contribution >= 0.6 is 11.8 Å². The molecule has 1 heterocycles. The lowest BCUT2D eigenvalue weighted by molar-refractivity contribution is 0.575. The first-order valence-corrected chi connectivity index (χ1v) is 7.61. The van der Waals surface area contributed by atoms with Gasteiger partial charge in [0.1, 0.15) is 0 Å². The molecule has 0 radical (unpaired) electrons. The summed E-state index contributed by atoms with van der Waals surface area (Å²) in [5.74, 6) is 0.521. The molecule has 1 aliphatic rings. The maximum Gasteiger partial charge on any atom is 0.0430 e. The zero-order valence-corrected chi connectivity index (χ0v) is 11.9. The minimum absolute atomic E-state index is 0.177. The van der Waals surface area contributed by atoms with E-state index < -0.39 is 0 Å². The van der Waals surface area contributed by atoms with Gasteiger partial charge in [-0.2, -0.15) is 0 Å². The highest BCUT2D eigenvalue weighted by Gasteiger charge is 2.32. The molecule has 19 heavy (non-hydrogen) atoms. The first kappa shape index (κ1) is 12.6. The van der Waals surface area contributed by atoms with E-state index >= 15 is 0 Å². The third kappa shape index (κ3) is 2.62. The predicted molar refractivity (Wildman–Crippen MR) is 84.3 cm³/mol. The molecule has 0 spiro atoms. The van der Waals surface area contributed by atoms with Crippen LogP contribution in [0.5, 0.6) is 0 Å². The van der Waals surface area contributed by atoms with Crippen LogP contribution in [0.3, 0.4) is 0 Å². The third-order valence-corrected chi connectivity index (χ3v) is 5.08. The molecule has 1 heteroatoms. The van der Waals surface area contributed by atoms with Gasteiger partial charge >= 0.3 is 0 Å². The molecule has 0 N–H and O–H groups in total. The van der Waals surface area contributed by atoms with E-state index in [2.05, 4.69) is 79.1 Å². The van der Waals surface area contributed by atoms with Gasteiger partial charge in [0.05, 0.1) is 0 Å². The number of rotatable bonds is 2. The third-order valence-electron chi connectivity index (χ3n) is 3.86. The van der Waals surface area contributed by atoms with Crippen LogP contribution in [0, 0.1) is 0 Å². The lowest BCUT2D eigenvalue weighted by Gasteiger charge is -2.35. The van der Waals surface area contributed by atoms with Crippen molar-refractivity contribution in [1.29, 1.82) is 0 Å². The van der Waals surface area contributed by atoms with E-state index in [4.69, 9.17) is 0 Å². The maximum absolute atomic E-state index is 2.35. The fourth-order valence-electron chi connectivity index (χ4n) is 2.73. The molecule has 0 amide bonds. The normalized spacial score (nSPS) is 26.3. The fourth-order valence-corrected chi connectivity index (χ4v) is 3.84. The first-order valence-electron chi connectivity index (χ1n) is 6.73. The molecular formula is C18H18S. The van der Waals surface area contributed by atoms with Crippen LogP contribution in [0.1, 0.15) is 30.4 Å². The molecule has 0 nitrogen and oxygen atoms in total. The molecule has 0 unspecified atom stereocenters. The summed E-state index contributed by atoms with van der Waals surface area (Å²) in [5, 5.41) is 2.27. The average Bonchev–Trinajstić information content (AvgIpc) is 2.49. The van der Waals surface area contributed by atoms with Crippen molar-refractivity contribution in [3.8, 4) is 0 Å².